The third-order valence-electron chi connectivity index (χ3n) is 8.52. The van der Waals surface area contributed by atoms with Crippen LogP contribution in [0.1, 0.15) is 24.0 Å². The summed E-state index contributed by atoms with van der Waals surface area (Å²) in [4.78, 5) is 18.0. The molecule has 2 fully saturated rings. The van der Waals surface area contributed by atoms with E-state index < -0.39 is 38.1 Å². The van der Waals surface area contributed by atoms with Gasteiger partial charge in [0.2, 0.25) is 0 Å². The van der Waals surface area contributed by atoms with Crippen molar-refractivity contribution in [3.8, 4) is 5.75 Å². The van der Waals surface area contributed by atoms with Crippen LogP contribution in [0.5, 0.6) is 5.75 Å². The van der Waals surface area contributed by atoms with E-state index in [0.717, 1.165) is 5.56 Å². The standard InChI is InChI=1S/C29H30N6O5S3/c1-33-25(41)24(36)34-26-28(18-29(34,42)27(33)37,19-12-14-20(15-13-19)40-17-7-16-31-32-30)22-10-5-6-11-23(22)35(26)43(38,39)21-8-3-2-4-9-21/h2-6,8-15,24-26,36,41-42H,7,16-18H2,1H3/t24?,25-,26-,28-,29-/m0/s1. The molecule has 1 N–H and O–H groups in total. The number of para-hydroxylation sites is 1. The summed E-state index contributed by atoms with van der Waals surface area (Å²) in [5, 5.41) is 14.3. The van der Waals surface area contributed by atoms with Crippen LogP contribution in [0.2, 0.25) is 0 Å². The van der Waals surface area contributed by atoms with Crippen molar-refractivity contribution in [2.75, 3.05) is 24.5 Å². The summed E-state index contributed by atoms with van der Waals surface area (Å²) in [7, 11) is -2.64. The topological polar surface area (TPSA) is 139 Å². The highest BCUT2D eigenvalue weighted by Crippen LogP contribution is 2.64. The van der Waals surface area contributed by atoms with E-state index in [0.29, 0.717) is 36.6 Å². The van der Waals surface area contributed by atoms with Gasteiger partial charge >= 0.3 is 0 Å². The third-order valence-corrected chi connectivity index (χ3v) is 11.5. The third kappa shape index (κ3) is 4.39. The minimum absolute atomic E-state index is 0.0820. The lowest BCUT2D eigenvalue weighted by molar-refractivity contribution is -0.161. The SMILES string of the molecule is CN1C(=O)[C@@]2(S)C[C@]3(c4ccc(OCCCN=[N+]=[N-])cc4)c4ccccc4N(S(=O)(=O)c4ccccc4)[C@@H]3N2C(O)[C@@H]1S. The molecule has 5 atom stereocenters. The number of rotatable bonds is 8. The van der Waals surface area contributed by atoms with E-state index in [-0.39, 0.29) is 17.2 Å². The lowest BCUT2D eigenvalue weighted by Crippen LogP contribution is -2.70. The number of piperazine rings is 1. The maximum atomic E-state index is 14.5. The molecule has 11 nitrogen and oxygen atoms in total. The first kappa shape index (κ1) is 29.7. The van der Waals surface area contributed by atoms with Gasteiger partial charge in [0.05, 0.1) is 22.6 Å². The fourth-order valence-corrected chi connectivity index (χ4v) is 9.20. The second-order valence-electron chi connectivity index (χ2n) is 10.8. The zero-order valence-corrected chi connectivity index (χ0v) is 25.7. The number of carbonyl (C=O) groups excluding carboxylic acids is 1. The molecule has 43 heavy (non-hydrogen) atoms. The maximum Gasteiger partial charge on any atom is 0.265 e. The number of nitrogens with zero attached hydrogens (tertiary/aromatic N) is 6. The minimum atomic E-state index is -4.19. The average Bonchev–Trinajstić information content (AvgIpc) is 3.46. The first-order chi connectivity index (χ1) is 20.6. The van der Waals surface area contributed by atoms with Crippen molar-refractivity contribution in [3.63, 3.8) is 0 Å². The number of hydrogen-bond donors (Lipinski definition) is 3. The van der Waals surface area contributed by atoms with Gasteiger partial charge in [0.25, 0.3) is 15.9 Å². The van der Waals surface area contributed by atoms with Crippen LogP contribution in [0.25, 0.3) is 10.4 Å². The summed E-state index contributed by atoms with van der Waals surface area (Å²) in [5.41, 5.74) is 9.26. The Morgan fingerprint density at radius 2 is 1.77 bits per heavy atom. The lowest BCUT2D eigenvalue weighted by atomic mass is 9.72. The quantitative estimate of drug-likeness (QED) is 0.112. The van der Waals surface area contributed by atoms with Crippen molar-refractivity contribution in [2.45, 2.75) is 45.8 Å². The minimum Gasteiger partial charge on any atom is -0.494 e. The number of anilines is 1. The number of fused-ring (bicyclic) bond motifs is 5. The predicted molar refractivity (Wildman–Crippen MR) is 167 cm³/mol. The highest BCUT2D eigenvalue weighted by Gasteiger charge is 2.73. The van der Waals surface area contributed by atoms with Crippen molar-refractivity contribution in [1.29, 1.82) is 0 Å². The molecule has 3 aliphatic rings. The van der Waals surface area contributed by atoms with E-state index in [1.54, 1.807) is 49.5 Å². The Morgan fingerprint density at radius 1 is 1.09 bits per heavy atom. The predicted octanol–water partition coefficient (Wildman–Crippen LogP) is 3.97. The Bertz CT molecular complexity index is 1700. The summed E-state index contributed by atoms with van der Waals surface area (Å²) < 4.78 is 36.2. The molecule has 6 rings (SSSR count). The fourth-order valence-electron chi connectivity index (χ4n) is 6.62. The Labute approximate surface area is 260 Å². The van der Waals surface area contributed by atoms with E-state index in [4.69, 9.17) is 22.9 Å². The van der Waals surface area contributed by atoms with E-state index in [2.05, 4.69) is 22.7 Å². The molecule has 0 saturated carbocycles. The molecule has 2 saturated heterocycles. The van der Waals surface area contributed by atoms with E-state index in [1.807, 2.05) is 24.3 Å². The molecule has 0 bridgehead atoms. The molecule has 3 aromatic rings. The Hall–Kier alpha value is -3.39. The Kier molecular flexibility index (Phi) is 7.56. The highest BCUT2D eigenvalue weighted by molar-refractivity contribution is 7.93. The Morgan fingerprint density at radius 3 is 2.47 bits per heavy atom. The van der Waals surface area contributed by atoms with Crippen molar-refractivity contribution >= 4 is 46.9 Å². The number of sulfonamides is 1. The summed E-state index contributed by atoms with van der Waals surface area (Å²) in [6.07, 6.45) is -1.76. The van der Waals surface area contributed by atoms with E-state index in [1.165, 1.54) is 26.2 Å². The van der Waals surface area contributed by atoms with Crippen LogP contribution in [0.3, 0.4) is 0 Å². The van der Waals surface area contributed by atoms with Crippen molar-refractivity contribution in [3.05, 3.63) is 100 Å². The molecule has 0 aliphatic carbocycles. The van der Waals surface area contributed by atoms with Gasteiger partial charge in [-0.25, -0.2) is 17.6 Å². The molecule has 0 spiro atoms. The van der Waals surface area contributed by atoms with Gasteiger partial charge < -0.3 is 14.7 Å². The fraction of sp³-hybridized carbons (Fsp3) is 0.345. The second kappa shape index (κ2) is 11.0. The molecule has 1 unspecified atom stereocenters. The van der Waals surface area contributed by atoms with Gasteiger partial charge in [-0.3, -0.25) is 4.79 Å². The zero-order chi connectivity index (χ0) is 30.6. The molecular weight excluding hydrogens is 609 g/mol. The van der Waals surface area contributed by atoms with Gasteiger partial charge in [-0.1, -0.05) is 53.6 Å². The van der Waals surface area contributed by atoms with Crippen LogP contribution >= 0.6 is 25.3 Å². The molecule has 14 heteroatoms. The molecule has 3 aliphatic heterocycles. The average molecular weight is 639 g/mol. The van der Waals surface area contributed by atoms with Crippen molar-refractivity contribution in [2.24, 2.45) is 5.11 Å². The summed E-state index contributed by atoms with van der Waals surface area (Å²) in [6.45, 7) is 0.667. The van der Waals surface area contributed by atoms with Gasteiger partial charge in [-0.15, -0.1) is 12.6 Å². The van der Waals surface area contributed by atoms with E-state index in [9.17, 15) is 18.3 Å². The second-order valence-corrected chi connectivity index (χ2v) is 13.9. The molecule has 1 amide bonds. The van der Waals surface area contributed by atoms with Gasteiger partial charge in [0, 0.05) is 24.9 Å². The van der Waals surface area contributed by atoms with Gasteiger partial charge in [0.15, 0.2) is 0 Å². The number of amides is 1. The summed E-state index contributed by atoms with van der Waals surface area (Å²) in [6, 6.07) is 22.7. The van der Waals surface area contributed by atoms with Crippen LogP contribution in [-0.2, 0) is 20.2 Å². The van der Waals surface area contributed by atoms with Crippen molar-refractivity contribution in [1.82, 2.24) is 9.80 Å². The molecule has 3 heterocycles. The summed E-state index contributed by atoms with van der Waals surface area (Å²) in [5.74, 6) is 0.199. The number of hydrogen-bond acceptors (Lipinski definition) is 9. The van der Waals surface area contributed by atoms with Crippen LogP contribution in [0.15, 0.2) is 88.9 Å². The zero-order valence-electron chi connectivity index (χ0n) is 23.1. The molecule has 224 valence electrons. The number of likely N-dealkylation sites (N-methyl/N-ethyl adjacent to an activating group) is 1. The number of aliphatic hydroxyl groups is 1. The molecular formula is C29H30N6O5S3. The van der Waals surface area contributed by atoms with Crippen LogP contribution in [0, 0.1) is 0 Å². The maximum absolute atomic E-state index is 14.5. The number of azide groups is 1. The first-order valence-electron chi connectivity index (χ1n) is 13.7. The van der Waals surface area contributed by atoms with Crippen LogP contribution in [-0.4, -0.2) is 72.1 Å². The molecule has 3 aromatic carbocycles. The van der Waals surface area contributed by atoms with Gasteiger partial charge in [-0.05, 0) is 53.4 Å². The number of carbonyl (C=O) groups is 1. The Balaban J connectivity index is 1.54. The normalized spacial score (nSPS) is 28.2. The van der Waals surface area contributed by atoms with Crippen LogP contribution in [0.4, 0.5) is 5.69 Å². The number of ether oxygens (including phenoxy) is 1. The summed E-state index contributed by atoms with van der Waals surface area (Å²) >= 11 is 9.48. The smallest absolute Gasteiger partial charge is 0.265 e. The number of benzene rings is 3. The number of aliphatic hydroxyl groups excluding tert-OH is 1. The van der Waals surface area contributed by atoms with Gasteiger partial charge in [0.1, 0.15) is 28.4 Å². The van der Waals surface area contributed by atoms with Crippen molar-refractivity contribution < 1.29 is 23.1 Å². The van der Waals surface area contributed by atoms with Gasteiger partial charge in [-0.2, -0.15) is 12.6 Å². The largest absolute Gasteiger partial charge is 0.494 e. The molecule has 0 aromatic heterocycles. The monoisotopic (exact) mass is 638 g/mol. The lowest BCUT2D eigenvalue weighted by Gasteiger charge is -2.50. The number of thiol groups is 2. The van der Waals surface area contributed by atoms with Crippen LogP contribution < -0.4 is 9.04 Å². The molecule has 0 radical (unpaired) electrons. The highest BCUT2D eigenvalue weighted by atomic mass is 32.2. The van der Waals surface area contributed by atoms with E-state index >= 15 is 0 Å². The first-order valence-corrected chi connectivity index (χ1v) is 16.1.